The Balaban J connectivity index is 1.34. The smallest absolute Gasteiger partial charge is 0.193 e. The number of hydrogen-bond donors (Lipinski definition) is 0. The number of carbonyl (C=O) groups is 1. The second kappa shape index (κ2) is 9.00. The summed E-state index contributed by atoms with van der Waals surface area (Å²) in [5.74, 6) is 1.13. The van der Waals surface area contributed by atoms with Gasteiger partial charge in [0.25, 0.3) is 0 Å². The number of hydrogen-bond acceptors (Lipinski definition) is 6. The van der Waals surface area contributed by atoms with Crippen molar-refractivity contribution in [1.82, 2.24) is 0 Å². The number of ketones is 1. The molecule has 1 aromatic heterocycles. The lowest BCUT2D eigenvalue weighted by Crippen LogP contribution is -2.72. The summed E-state index contributed by atoms with van der Waals surface area (Å²) in [5, 5.41) is 0.464. The average Bonchev–Trinajstić information content (AvgIpc) is 3.02. The third kappa shape index (κ3) is 3.53. The lowest BCUT2D eigenvalue weighted by atomic mass is 9.42. The number of ether oxygens (including phenoxy) is 3. The Morgan fingerprint density at radius 2 is 1.43 bits per heavy atom. The highest BCUT2D eigenvalue weighted by atomic mass is 16.5. The van der Waals surface area contributed by atoms with Crippen molar-refractivity contribution >= 4 is 22.8 Å². The molecule has 4 heterocycles. The molecule has 0 N–H and O–H groups in total. The van der Waals surface area contributed by atoms with Crippen molar-refractivity contribution in [2.24, 2.45) is 11.8 Å². The van der Waals surface area contributed by atoms with Crippen LogP contribution in [0.5, 0.6) is 17.2 Å². The Morgan fingerprint density at radius 3 is 2.20 bits per heavy atom. The molecule has 0 radical (unpaired) electrons. The first kappa shape index (κ1) is 27.2. The first-order valence-electron chi connectivity index (χ1n) is 15.8. The van der Waals surface area contributed by atoms with Crippen LogP contribution in [0.25, 0.3) is 28.4 Å². The highest BCUT2D eigenvalue weighted by Crippen LogP contribution is 2.72. The molecule has 4 atom stereocenters. The molecule has 6 heteroatoms. The van der Waals surface area contributed by atoms with Crippen LogP contribution < -0.4 is 19.6 Å². The summed E-state index contributed by atoms with van der Waals surface area (Å²) >= 11 is 0. The zero-order valence-electron chi connectivity index (χ0n) is 26.0. The molecule has 4 aliphatic rings. The Hall–Kier alpha value is -5.10. The maximum Gasteiger partial charge on any atom is 0.193 e. The maximum absolute atomic E-state index is 14.8. The zero-order valence-corrected chi connectivity index (χ0v) is 26.0. The molecule has 228 valence electrons. The predicted molar refractivity (Wildman–Crippen MR) is 176 cm³/mol. The molecule has 6 nitrogen and oxygen atoms in total. The second-order valence-electron chi connectivity index (χ2n) is 13.9. The van der Waals surface area contributed by atoms with Crippen molar-refractivity contribution in [1.29, 1.82) is 0 Å². The fourth-order valence-corrected chi connectivity index (χ4v) is 8.37. The summed E-state index contributed by atoms with van der Waals surface area (Å²) in [6.45, 7) is 8.08. The molecule has 3 aliphatic heterocycles. The number of carbonyl (C=O) groups excluding carboxylic acids is 1. The van der Waals surface area contributed by atoms with Crippen LogP contribution >= 0.6 is 0 Å². The summed E-state index contributed by atoms with van der Waals surface area (Å²) in [6, 6.07) is 28.5. The third-order valence-corrected chi connectivity index (χ3v) is 10.3. The Kier molecular flexibility index (Phi) is 5.33. The fraction of sp³-hybridized carbons (Fsp3) is 0.250. The standard InChI is InChI=1S/C40H32O6/c1-38(2)20-19-25-28(44-38)17-16-26-35(42)34-33-32(40(34,46-36(25)26)23-13-9-6-10-14-23)31-29(45-39(33,3)4)18-15-24-27(41)21-30(43-37(24)31)22-11-7-5-8-12-22/h5-21,32-34H,1-4H3/t32-,33+,34+,40+/m0/s1. The van der Waals surface area contributed by atoms with Gasteiger partial charge in [-0.3, -0.25) is 9.59 Å². The Labute approximate surface area is 266 Å². The van der Waals surface area contributed by atoms with Crippen molar-refractivity contribution in [3.63, 3.8) is 0 Å². The van der Waals surface area contributed by atoms with Crippen LogP contribution in [-0.2, 0) is 5.60 Å². The summed E-state index contributed by atoms with van der Waals surface area (Å²) in [5.41, 5.74) is 1.77. The van der Waals surface area contributed by atoms with E-state index in [1.165, 1.54) is 0 Å². The van der Waals surface area contributed by atoms with Gasteiger partial charge in [0.05, 0.1) is 22.4 Å². The monoisotopic (exact) mass is 608 g/mol. The third-order valence-electron chi connectivity index (χ3n) is 10.3. The van der Waals surface area contributed by atoms with Gasteiger partial charge in [0.15, 0.2) is 16.8 Å². The van der Waals surface area contributed by atoms with Crippen LogP contribution in [0.4, 0.5) is 0 Å². The van der Waals surface area contributed by atoms with Gasteiger partial charge in [0.1, 0.15) is 39.8 Å². The molecule has 0 amide bonds. The molecule has 4 aromatic carbocycles. The van der Waals surface area contributed by atoms with Crippen LogP contribution in [-0.4, -0.2) is 17.0 Å². The molecule has 1 saturated carbocycles. The van der Waals surface area contributed by atoms with Gasteiger partial charge in [-0.05, 0) is 69.7 Å². The fourth-order valence-electron chi connectivity index (χ4n) is 8.37. The van der Waals surface area contributed by atoms with E-state index in [0.717, 1.165) is 22.3 Å². The minimum Gasteiger partial charge on any atom is -0.487 e. The van der Waals surface area contributed by atoms with E-state index >= 15 is 0 Å². The van der Waals surface area contributed by atoms with Gasteiger partial charge in [-0.2, -0.15) is 0 Å². The van der Waals surface area contributed by atoms with Gasteiger partial charge >= 0.3 is 0 Å². The largest absolute Gasteiger partial charge is 0.487 e. The van der Waals surface area contributed by atoms with E-state index < -0.39 is 22.7 Å². The van der Waals surface area contributed by atoms with Gasteiger partial charge in [-0.15, -0.1) is 0 Å². The highest BCUT2D eigenvalue weighted by molar-refractivity contribution is 6.05. The molecule has 9 rings (SSSR count). The maximum atomic E-state index is 14.8. The van der Waals surface area contributed by atoms with Crippen molar-refractivity contribution in [2.45, 2.75) is 50.4 Å². The summed E-state index contributed by atoms with van der Waals surface area (Å²) in [6.07, 6.45) is 4.00. The SMILES string of the molecule is CC1(C)C=Cc2c(ccc3c2O[C@@]2(c4ccccc4)[C@@H](C3=O)[C@H]3[C@@H]2c2c(ccc4c(=O)cc(-c5ccccc5)oc24)OC3(C)C)O1. The molecule has 5 aromatic rings. The summed E-state index contributed by atoms with van der Waals surface area (Å²) in [4.78, 5) is 28.5. The van der Waals surface area contributed by atoms with Gasteiger partial charge in [0.2, 0.25) is 0 Å². The van der Waals surface area contributed by atoms with E-state index in [9.17, 15) is 9.59 Å². The van der Waals surface area contributed by atoms with Crippen LogP contribution in [0.15, 0.2) is 106 Å². The minimum absolute atomic E-state index is 0.0131. The zero-order chi connectivity index (χ0) is 31.6. The number of Topliss-reactive ketones (excluding diaryl/α,β-unsaturated/α-hetero) is 1. The van der Waals surface area contributed by atoms with Crippen molar-refractivity contribution in [2.75, 3.05) is 0 Å². The van der Waals surface area contributed by atoms with E-state index in [0.29, 0.717) is 39.5 Å². The summed E-state index contributed by atoms with van der Waals surface area (Å²) < 4.78 is 27.0. The van der Waals surface area contributed by atoms with Crippen molar-refractivity contribution in [3.05, 3.63) is 130 Å². The lowest BCUT2D eigenvalue weighted by Gasteiger charge is -2.67. The van der Waals surface area contributed by atoms with Crippen LogP contribution in [0.2, 0.25) is 0 Å². The van der Waals surface area contributed by atoms with Crippen molar-refractivity contribution in [3.8, 4) is 28.6 Å². The highest BCUT2D eigenvalue weighted by Gasteiger charge is 2.76. The predicted octanol–water partition coefficient (Wildman–Crippen LogP) is 8.32. The summed E-state index contributed by atoms with van der Waals surface area (Å²) in [7, 11) is 0. The van der Waals surface area contributed by atoms with Crippen LogP contribution in [0.3, 0.4) is 0 Å². The molecule has 0 bridgehead atoms. The van der Waals surface area contributed by atoms with E-state index in [2.05, 4.69) is 0 Å². The molecule has 1 fully saturated rings. The Morgan fingerprint density at radius 1 is 0.717 bits per heavy atom. The van der Waals surface area contributed by atoms with Gasteiger partial charge in [-0.1, -0.05) is 60.7 Å². The molecule has 0 spiro atoms. The normalized spacial score (nSPS) is 25.7. The second-order valence-corrected chi connectivity index (χ2v) is 13.9. The number of benzene rings is 4. The first-order chi connectivity index (χ1) is 22.1. The molecule has 0 saturated heterocycles. The van der Waals surface area contributed by atoms with E-state index in [4.69, 9.17) is 18.6 Å². The topological polar surface area (TPSA) is 75.0 Å². The molecule has 0 unspecified atom stereocenters. The lowest BCUT2D eigenvalue weighted by molar-refractivity contribution is -0.198. The minimum atomic E-state index is -1.09. The quantitative estimate of drug-likeness (QED) is 0.201. The van der Waals surface area contributed by atoms with Gasteiger partial charge in [-0.25, -0.2) is 0 Å². The number of fused-ring (bicyclic) bond motifs is 11. The first-order valence-corrected chi connectivity index (χ1v) is 15.8. The van der Waals surface area contributed by atoms with Crippen LogP contribution in [0.1, 0.15) is 60.7 Å². The van der Waals surface area contributed by atoms with E-state index in [1.807, 2.05) is 119 Å². The molecule has 46 heavy (non-hydrogen) atoms. The van der Waals surface area contributed by atoms with Gasteiger partial charge in [0, 0.05) is 29.0 Å². The number of rotatable bonds is 2. The van der Waals surface area contributed by atoms with E-state index in [1.54, 1.807) is 12.1 Å². The average molecular weight is 609 g/mol. The van der Waals surface area contributed by atoms with Crippen molar-refractivity contribution < 1.29 is 23.4 Å². The molecule has 1 aliphatic carbocycles. The molecular weight excluding hydrogens is 576 g/mol. The van der Waals surface area contributed by atoms with Gasteiger partial charge < -0.3 is 18.6 Å². The molecular formula is C40H32O6. The van der Waals surface area contributed by atoms with Crippen LogP contribution in [0, 0.1) is 11.8 Å². The van der Waals surface area contributed by atoms with E-state index in [-0.39, 0.29) is 23.0 Å². The Bertz CT molecular complexity index is 2190.